The molecule has 0 saturated carbocycles. The number of rotatable bonds is 7. The monoisotopic (exact) mass is 277 g/mol. The fourth-order valence-electron chi connectivity index (χ4n) is 3.67. The lowest BCUT2D eigenvalue weighted by molar-refractivity contribution is -0.0783. The van der Waals surface area contributed by atoms with Gasteiger partial charge in [-0.15, -0.1) is 0 Å². The minimum absolute atomic E-state index is 0.105. The van der Waals surface area contributed by atoms with Crippen molar-refractivity contribution in [1.82, 2.24) is 10.4 Å². The van der Waals surface area contributed by atoms with Gasteiger partial charge in [-0.05, 0) is 44.2 Å². The van der Waals surface area contributed by atoms with E-state index in [1.54, 1.807) is 0 Å². The third kappa shape index (κ3) is 2.60. The number of hydrogen-bond acceptors (Lipinski definition) is 4. The molecule has 0 aromatic carbocycles. The molecular weight excluding hydrogens is 250 g/mol. The summed E-state index contributed by atoms with van der Waals surface area (Å²) in [6, 6.07) is 4.30. The normalized spacial score (nSPS) is 19.9. The Hall–Kier alpha value is -0.970. The highest BCUT2D eigenvalue weighted by Crippen LogP contribution is 2.40. The molecule has 1 heterocycles. The summed E-state index contributed by atoms with van der Waals surface area (Å²) in [7, 11) is 0. The first-order valence-electron chi connectivity index (χ1n) is 7.76. The summed E-state index contributed by atoms with van der Waals surface area (Å²) < 4.78 is 6.14. The van der Waals surface area contributed by atoms with E-state index in [-0.39, 0.29) is 11.6 Å². The predicted octanol–water partition coefficient (Wildman–Crippen LogP) is 2.54. The Morgan fingerprint density at radius 3 is 2.80 bits per heavy atom. The van der Waals surface area contributed by atoms with E-state index in [1.165, 1.54) is 11.3 Å². The van der Waals surface area contributed by atoms with Gasteiger partial charge in [0.2, 0.25) is 0 Å². The molecule has 1 aliphatic carbocycles. The Bertz CT molecular complexity index is 431. The van der Waals surface area contributed by atoms with Gasteiger partial charge >= 0.3 is 0 Å². The topological polar surface area (TPSA) is 60.2 Å². The lowest BCUT2D eigenvalue weighted by Gasteiger charge is -2.42. The van der Waals surface area contributed by atoms with Crippen LogP contribution in [0, 0.1) is 0 Å². The summed E-state index contributed by atoms with van der Waals surface area (Å²) in [4.78, 5) is 4.60. The Balaban J connectivity index is 2.33. The molecule has 3 N–H and O–H groups in total. The molecule has 0 bridgehead atoms. The first kappa shape index (κ1) is 15.4. The van der Waals surface area contributed by atoms with E-state index in [9.17, 15) is 0 Å². The quantitative estimate of drug-likeness (QED) is 0.594. The van der Waals surface area contributed by atoms with Crippen molar-refractivity contribution in [2.45, 2.75) is 64.0 Å². The Morgan fingerprint density at radius 1 is 1.45 bits per heavy atom. The molecule has 4 nitrogen and oxygen atoms in total. The van der Waals surface area contributed by atoms with Crippen LogP contribution in [0.25, 0.3) is 0 Å². The Labute approximate surface area is 122 Å². The summed E-state index contributed by atoms with van der Waals surface area (Å²) in [5.41, 5.74) is 5.39. The highest BCUT2D eigenvalue weighted by atomic mass is 16.5. The van der Waals surface area contributed by atoms with Gasteiger partial charge < -0.3 is 4.74 Å². The lowest BCUT2D eigenvalue weighted by atomic mass is 9.79. The van der Waals surface area contributed by atoms with E-state index >= 15 is 0 Å². The van der Waals surface area contributed by atoms with Gasteiger partial charge in [0.15, 0.2) is 0 Å². The van der Waals surface area contributed by atoms with Gasteiger partial charge in [0, 0.05) is 24.4 Å². The first-order valence-corrected chi connectivity index (χ1v) is 7.76. The smallest absolute Gasteiger partial charge is 0.0849 e. The van der Waals surface area contributed by atoms with Crippen molar-refractivity contribution in [3.8, 4) is 0 Å². The molecule has 0 aliphatic heterocycles. The molecule has 20 heavy (non-hydrogen) atoms. The summed E-state index contributed by atoms with van der Waals surface area (Å²) >= 11 is 0. The van der Waals surface area contributed by atoms with Gasteiger partial charge in [-0.3, -0.25) is 16.3 Å². The number of aromatic nitrogens is 1. The van der Waals surface area contributed by atoms with Crippen LogP contribution in [0.2, 0.25) is 0 Å². The van der Waals surface area contributed by atoms with Gasteiger partial charge in [0.05, 0.1) is 11.6 Å². The minimum Gasteiger partial charge on any atom is -0.374 e. The van der Waals surface area contributed by atoms with Gasteiger partial charge in [0.1, 0.15) is 0 Å². The van der Waals surface area contributed by atoms with Gasteiger partial charge in [-0.25, -0.2) is 0 Å². The fraction of sp³-hybridized carbons (Fsp3) is 0.688. The van der Waals surface area contributed by atoms with E-state index in [0.29, 0.717) is 12.5 Å². The molecule has 4 heteroatoms. The van der Waals surface area contributed by atoms with Crippen molar-refractivity contribution in [1.29, 1.82) is 0 Å². The van der Waals surface area contributed by atoms with E-state index in [4.69, 9.17) is 10.6 Å². The third-order valence-corrected chi connectivity index (χ3v) is 4.78. The van der Waals surface area contributed by atoms with E-state index in [0.717, 1.165) is 25.7 Å². The summed E-state index contributed by atoms with van der Waals surface area (Å²) in [5.74, 6) is 6.26. The summed E-state index contributed by atoms with van der Waals surface area (Å²) in [5, 5.41) is 0. The summed E-state index contributed by atoms with van der Waals surface area (Å²) in [6.45, 7) is 7.12. The first-order chi connectivity index (χ1) is 9.72. The van der Waals surface area contributed by atoms with Crippen LogP contribution < -0.4 is 11.3 Å². The number of nitrogens with one attached hydrogen (secondary N) is 1. The molecule has 0 fully saturated rings. The number of nitrogens with two attached hydrogens (primary N) is 1. The number of pyridine rings is 1. The molecule has 0 radical (unpaired) electrons. The molecule has 2 unspecified atom stereocenters. The number of nitrogens with zero attached hydrogens (tertiary/aromatic N) is 1. The van der Waals surface area contributed by atoms with Crippen molar-refractivity contribution in [2.75, 3.05) is 6.61 Å². The van der Waals surface area contributed by atoms with Crippen LogP contribution in [0.1, 0.15) is 57.2 Å². The number of aryl methyl sites for hydroxylation is 1. The maximum atomic E-state index is 6.14. The minimum atomic E-state index is -0.215. The third-order valence-electron chi connectivity index (χ3n) is 4.78. The lowest BCUT2D eigenvalue weighted by Crippen LogP contribution is -2.57. The van der Waals surface area contributed by atoms with Crippen molar-refractivity contribution in [3.05, 3.63) is 29.6 Å². The second-order valence-corrected chi connectivity index (χ2v) is 5.54. The van der Waals surface area contributed by atoms with Gasteiger partial charge in [-0.2, -0.15) is 0 Å². The molecule has 1 aromatic heterocycles. The van der Waals surface area contributed by atoms with Crippen LogP contribution in [-0.4, -0.2) is 23.2 Å². The molecule has 2 rings (SSSR count). The van der Waals surface area contributed by atoms with E-state index < -0.39 is 0 Å². The van der Waals surface area contributed by atoms with Crippen molar-refractivity contribution >= 4 is 0 Å². The van der Waals surface area contributed by atoms with Crippen LogP contribution in [0.15, 0.2) is 18.3 Å². The fourth-order valence-corrected chi connectivity index (χ4v) is 3.67. The highest BCUT2D eigenvalue weighted by molar-refractivity contribution is 5.31. The van der Waals surface area contributed by atoms with Crippen LogP contribution in [0.4, 0.5) is 0 Å². The molecule has 112 valence electrons. The second-order valence-electron chi connectivity index (χ2n) is 5.54. The molecule has 0 spiro atoms. The molecule has 1 aromatic rings. The predicted molar refractivity (Wildman–Crippen MR) is 81.3 cm³/mol. The van der Waals surface area contributed by atoms with Gasteiger partial charge in [-0.1, -0.05) is 19.9 Å². The number of hydrazine groups is 1. The molecule has 1 aliphatic rings. The highest BCUT2D eigenvalue weighted by Gasteiger charge is 2.43. The van der Waals surface area contributed by atoms with Crippen LogP contribution in [0.3, 0.4) is 0 Å². The molecule has 0 amide bonds. The average molecular weight is 277 g/mol. The number of hydrogen-bond donors (Lipinski definition) is 2. The van der Waals surface area contributed by atoms with Gasteiger partial charge in [0.25, 0.3) is 0 Å². The zero-order valence-corrected chi connectivity index (χ0v) is 12.9. The second kappa shape index (κ2) is 6.66. The number of fused-ring (bicyclic) bond motifs is 1. The summed E-state index contributed by atoms with van der Waals surface area (Å²) in [6.07, 6.45) is 5.96. The van der Waals surface area contributed by atoms with E-state index in [2.05, 4.69) is 37.2 Å². The Kier molecular flexibility index (Phi) is 5.13. The average Bonchev–Trinajstić information content (AvgIpc) is 2.91. The van der Waals surface area contributed by atoms with Crippen LogP contribution >= 0.6 is 0 Å². The molecule has 0 saturated heterocycles. The number of ether oxygens (including phenoxy) is 1. The van der Waals surface area contributed by atoms with Crippen molar-refractivity contribution in [3.63, 3.8) is 0 Å². The van der Waals surface area contributed by atoms with Crippen LogP contribution in [0.5, 0.6) is 0 Å². The molecule has 2 atom stereocenters. The van der Waals surface area contributed by atoms with Crippen LogP contribution in [-0.2, 0) is 11.2 Å². The zero-order chi connectivity index (χ0) is 14.6. The van der Waals surface area contributed by atoms with Crippen molar-refractivity contribution < 1.29 is 4.74 Å². The standard InChI is InChI=1S/C16H27N3O/c1-4-16(5-2,20-6-3)15(19-17)13-10-9-12-8-7-11-18-14(12)13/h7-8,11,13,15,19H,4-6,9-10,17H2,1-3H3. The van der Waals surface area contributed by atoms with Crippen molar-refractivity contribution in [2.24, 2.45) is 5.84 Å². The molecular formula is C16H27N3O. The maximum absolute atomic E-state index is 6.14. The maximum Gasteiger partial charge on any atom is 0.0849 e. The SMILES string of the molecule is CCOC(CC)(CC)C(NN)C1CCc2cccnc21. The van der Waals surface area contributed by atoms with E-state index in [1.807, 2.05) is 12.3 Å². The Morgan fingerprint density at radius 2 is 2.20 bits per heavy atom. The largest absolute Gasteiger partial charge is 0.374 e. The zero-order valence-electron chi connectivity index (χ0n) is 12.9.